The van der Waals surface area contributed by atoms with E-state index in [0.29, 0.717) is 0 Å². The summed E-state index contributed by atoms with van der Waals surface area (Å²) in [6.07, 6.45) is 4.91. The Kier molecular flexibility index (Phi) is 1.39. The molecule has 2 rings (SSSR count). The van der Waals surface area contributed by atoms with E-state index in [0.717, 1.165) is 12.1 Å². The van der Waals surface area contributed by atoms with Crippen molar-refractivity contribution >= 4 is 5.65 Å². The highest BCUT2D eigenvalue weighted by Gasteiger charge is 1.96. The van der Waals surface area contributed by atoms with Crippen molar-refractivity contribution in [1.82, 2.24) is 9.38 Å². The number of aryl methyl sites for hydroxylation is 1. The Morgan fingerprint density at radius 2 is 2.36 bits per heavy atom. The van der Waals surface area contributed by atoms with Crippen molar-refractivity contribution in [2.45, 2.75) is 13.3 Å². The Morgan fingerprint density at radius 3 is 3.18 bits per heavy atom. The minimum absolute atomic E-state index is 1.03. The van der Waals surface area contributed by atoms with Gasteiger partial charge in [-0.25, -0.2) is 4.98 Å². The van der Waals surface area contributed by atoms with E-state index in [9.17, 15) is 0 Å². The molecule has 2 heteroatoms. The Hall–Kier alpha value is -1.31. The van der Waals surface area contributed by atoms with Crippen LogP contribution in [0.4, 0.5) is 0 Å². The summed E-state index contributed by atoms with van der Waals surface area (Å²) in [6.45, 7) is 2.15. The van der Waals surface area contributed by atoms with Crippen molar-refractivity contribution in [3.05, 3.63) is 36.3 Å². The lowest BCUT2D eigenvalue weighted by Crippen LogP contribution is -1.90. The van der Waals surface area contributed by atoms with Crippen molar-refractivity contribution < 1.29 is 0 Å². The third-order valence-electron chi connectivity index (χ3n) is 1.87. The van der Waals surface area contributed by atoms with Crippen LogP contribution in [0, 0.1) is 0 Å². The molecule has 0 atom stereocenters. The summed E-state index contributed by atoms with van der Waals surface area (Å²) in [5, 5.41) is 0. The van der Waals surface area contributed by atoms with E-state index in [4.69, 9.17) is 0 Å². The molecule has 0 amide bonds. The molecular weight excluding hydrogens is 136 g/mol. The monoisotopic (exact) mass is 146 g/mol. The maximum absolute atomic E-state index is 4.21. The minimum atomic E-state index is 1.03. The predicted octanol–water partition coefficient (Wildman–Crippen LogP) is 1.90. The molecule has 0 bridgehead atoms. The molecule has 0 fully saturated rings. The first-order valence-corrected chi connectivity index (χ1v) is 3.83. The number of aromatic nitrogens is 2. The predicted molar refractivity (Wildman–Crippen MR) is 44.6 cm³/mol. The number of hydrogen-bond acceptors (Lipinski definition) is 1. The normalized spacial score (nSPS) is 10.6. The molecule has 0 aliphatic heterocycles. The van der Waals surface area contributed by atoms with E-state index >= 15 is 0 Å². The van der Waals surface area contributed by atoms with Gasteiger partial charge in [0.2, 0.25) is 0 Å². The van der Waals surface area contributed by atoms with E-state index in [1.807, 2.05) is 24.5 Å². The van der Waals surface area contributed by atoms with Crippen molar-refractivity contribution in [2.24, 2.45) is 0 Å². The van der Waals surface area contributed by atoms with Crippen LogP contribution in [0.5, 0.6) is 0 Å². The Bertz CT molecular complexity index is 362. The summed E-state index contributed by atoms with van der Waals surface area (Å²) in [4.78, 5) is 4.21. The van der Waals surface area contributed by atoms with E-state index in [1.165, 1.54) is 5.69 Å². The molecule has 0 aliphatic rings. The molecule has 2 aromatic heterocycles. The van der Waals surface area contributed by atoms with Gasteiger partial charge in [-0.15, -0.1) is 0 Å². The molecule has 11 heavy (non-hydrogen) atoms. The first-order valence-electron chi connectivity index (χ1n) is 3.83. The molecule has 0 aromatic carbocycles. The van der Waals surface area contributed by atoms with E-state index < -0.39 is 0 Å². The van der Waals surface area contributed by atoms with Crippen molar-refractivity contribution in [1.29, 1.82) is 0 Å². The molecule has 0 aliphatic carbocycles. The highest BCUT2D eigenvalue weighted by molar-refractivity contribution is 5.41. The molecule has 0 N–H and O–H groups in total. The van der Waals surface area contributed by atoms with Gasteiger partial charge in [0.1, 0.15) is 5.65 Å². The Morgan fingerprint density at radius 1 is 1.45 bits per heavy atom. The van der Waals surface area contributed by atoms with Gasteiger partial charge in [-0.2, -0.15) is 0 Å². The van der Waals surface area contributed by atoms with Gasteiger partial charge in [0, 0.05) is 18.1 Å². The fraction of sp³-hybridized carbons (Fsp3) is 0.222. The van der Waals surface area contributed by atoms with Crippen LogP contribution in [0.25, 0.3) is 5.65 Å². The SMILES string of the molecule is CCc1ccc2ncccn12. The van der Waals surface area contributed by atoms with Gasteiger partial charge >= 0.3 is 0 Å². The molecule has 56 valence electrons. The topological polar surface area (TPSA) is 17.3 Å². The zero-order valence-electron chi connectivity index (χ0n) is 6.49. The maximum Gasteiger partial charge on any atom is 0.136 e. The lowest BCUT2D eigenvalue weighted by molar-refractivity contribution is 0.979. The summed E-state index contributed by atoms with van der Waals surface area (Å²) < 4.78 is 2.11. The molecule has 0 unspecified atom stereocenters. The smallest absolute Gasteiger partial charge is 0.136 e. The van der Waals surface area contributed by atoms with Gasteiger partial charge < -0.3 is 4.40 Å². The fourth-order valence-corrected chi connectivity index (χ4v) is 1.29. The molecule has 2 aromatic rings. The number of hydrogen-bond donors (Lipinski definition) is 0. The summed E-state index contributed by atoms with van der Waals surface area (Å²) in [5.41, 5.74) is 2.34. The average Bonchev–Trinajstić information content (AvgIpc) is 2.47. The first-order chi connectivity index (χ1) is 5.42. The third kappa shape index (κ3) is 0.909. The van der Waals surface area contributed by atoms with E-state index in [-0.39, 0.29) is 0 Å². The van der Waals surface area contributed by atoms with Crippen LogP contribution in [-0.2, 0) is 6.42 Å². The van der Waals surface area contributed by atoms with Gasteiger partial charge in [0.05, 0.1) is 0 Å². The molecule has 0 saturated heterocycles. The van der Waals surface area contributed by atoms with E-state index in [1.54, 1.807) is 0 Å². The second-order valence-electron chi connectivity index (χ2n) is 2.53. The first kappa shape index (κ1) is 6.40. The van der Waals surface area contributed by atoms with Crippen LogP contribution in [0.2, 0.25) is 0 Å². The molecule has 2 heterocycles. The number of nitrogens with zero attached hydrogens (tertiary/aromatic N) is 2. The second-order valence-corrected chi connectivity index (χ2v) is 2.53. The highest BCUT2D eigenvalue weighted by Crippen LogP contribution is 2.06. The maximum atomic E-state index is 4.21. The minimum Gasteiger partial charge on any atom is -0.306 e. The van der Waals surface area contributed by atoms with Gasteiger partial charge in [-0.3, -0.25) is 0 Å². The van der Waals surface area contributed by atoms with Gasteiger partial charge in [-0.05, 0) is 24.6 Å². The molecule has 2 nitrogen and oxygen atoms in total. The van der Waals surface area contributed by atoms with Crippen LogP contribution in [-0.4, -0.2) is 9.38 Å². The summed E-state index contributed by atoms with van der Waals surface area (Å²) in [6, 6.07) is 6.10. The van der Waals surface area contributed by atoms with Crippen molar-refractivity contribution in [3.63, 3.8) is 0 Å². The lowest BCUT2D eigenvalue weighted by atomic mass is 10.3. The zero-order valence-corrected chi connectivity index (χ0v) is 6.49. The van der Waals surface area contributed by atoms with E-state index in [2.05, 4.69) is 22.4 Å². The third-order valence-corrected chi connectivity index (χ3v) is 1.87. The quantitative estimate of drug-likeness (QED) is 0.600. The van der Waals surface area contributed by atoms with Crippen LogP contribution < -0.4 is 0 Å². The van der Waals surface area contributed by atoms with Gasteiger partial charge in [-0.1, -0.05) is 6.92 Å². The van der Waals surface area contributed by atoms with Gasteiger partial charge in [0.15, 0.2) is 0 Å². The van der Waals surface area contributed by atoms with Crippen LogP contribution in [0.1, 0.15) is 12.6 Å². The molecule has 0 saturated carbocycles. The summed E-state index contributed by atoms with van der Waals surface area (Å²) in [7, 11) is 0. The molecule has 0 spiro atoms. The van der Waals surface area contributed by atoms with Crippen molar-refractivity contribution in [2.75, 3.05) is 0 Å². The zero-order chi connectivity index (χ0) is 7.68. The largest absolute Gasteiger partial charge is 0.306 e. The van der Waals surface area contributed by atoms with Gasteiger partial charge in [0.25, 0.3) is 0 Å². The highest BCUT2D eigenvalue weighted by atomic mass is 15.0. The Labute approximate surface area is 65.5 Å². The van der Waals surface area contributed by atoms with Crippen LogP contribution >= 0.6 is 0 Å². The van der Waals surface area contributed by atoms with Crippen LogP contribution in [0.15, 0.2) is 30.6 Å². The second kappa shape index (κ2) is 2.38. The lowest BCUT2D eigenvalue weighted by Gasteiger charge is -1.96. The summed E-state index contributed by atoms with van der Waals surface area (Å²) >= 11 is 0. The van der Waals surface area contributed by atoms with Crippen molar-refractivity contribution in [3.8, 4) is 0 Å². The standard InChI is InChI=1S/C9H10N2/c1-2-8-4-5-9-10-6-3-7-11(8)9/h3-7H,2H2,1H3. The summed E-state index contributed by atoms with van der Waals surface area (Å²) in [5.74, 6) is 0. The molecular formula is C9H10N2. The average molecular weight is 146 g/mol. The number of fused-ring (bicyclic) bond motifs is 1. The Balaban J connectivity index is 2.76. The van der Waals surface area contributed by atoms with Crippen LogP contribution in [0.3, 0.4) is 0 Å². The fourth-order valence-electron chi connectivity index (χ4n) is 1.29. The molecule has 0 radical (unpaired) electrons. The number of rotatable bonds is 1.